The first-order valence-corrected chi connectivity index (χ1v) is 5.05. The second-order valence-electron chi connectivity index (χ2n) is 2.71. The van der Waals surface area contributed by atoms with Crippen LogP contribution in [-0.4, -0.2) is 23.5 Å². The van der Waals surface area contributed by atoms with Crippen LogP contribution in [0.1, 0.15) is 17.3 Å². The summed E-state index contributed by atoms with van der Waals surface area (Å²) in [7, 11) is 0. The predicted molar refractivity (Wildman–Crippen MR) is 56.8 cm³/mol. The van der Waals surface area contributed by atoms with Crippen molar-refractivity contribution in [2.75, 3.05) is 6.61 Å². The summed E-state index contributed by atoms with van der Waals surface area (Å²) in [5.74, 6) is -1.78. The molecule has 1 aromatic rings. The molecule has 0 atom stereocenters. The highest BCUT2D eigenvalue weighted by atomic mass is 79.9. The fourth-order valence-electron chi connectivity index (χ4n) is 0.994. The molecule has 4 nitrogen and oxygen atoms in total. The normalized spacial score (nSPS) is 9.73. The Bertz CT molecular complexity index is 400. The van der Waals surface area contributed by atoms with Crippen molar-refractivity contribution < 1.29 is 19.4 Å². The average molecular weight is 273 g/mol. The minimum absolute atomic E-state index is 0.0779. The second-order valence-corrected chi connectivity index (χ2v) is 3.57. The molecule has 0 unspecified atom stereocenters. The topological polar surface area (TPSA) is 63.6 Å². The van der Waals surface area contributed by atoms with Crippen molar-refractivity contribution in [3.05, 3.63) is 28.2 Å². The molecule has 0 spiro atoms. The summed E-state index contributed by atoms with van der Waals surface area (Å²) in [6, 6.07) is 4.11. The number of aromatic hydroxyl groups is 1. The van der Waals surface area contributed by atoms with Gasteiger partial charge in [0.2, 0.25) is 0 Å². The van der Waals surface area contributed by atoms with Gasteiger partial charge in [0.25, 0.3) is 5.78 Å². The van der Waals surface area contributed by atoms with E-state index in [0.29, 0.717) is 4.47 Å². The molecule has 0 bridgehead atoms. The monoisotopic (exact) mass is 272 g/mol. The van der Waals surface area contributed by atoms with Crippen molar-refractivity contribution in [2.24, 2.45) is 0 Å². The van der Waals surface area contributed by atoms with Gasteiger partial charge >= 0.3 is 5.97 Å². The molecule has 0 aliphatic carbocycles. The van der Waals surface area contributed by atoms with E-state index in [1.807, 2.05) is 0 Å². The number of phenolic OH excluding ortho intramolecular Hbond substituents is 1. The summed E-state index contributed by atoms with van der Waals surface area (Å²) in [6.07, 6.45) is 0. The van der Waals surface area contributed by atoms with Gasteiger partial charge in [0.15, 0.2) is 0 Å². The Morgan fingerprint density at radius 3 is 2.73 bits per heavy atom. The van der Waals surface area contributed by atoms with Crippen LogP contribution in [0.2, 0.25) is 0 Å². The van der Waals surface area contributed by atoms with E-state index >= 15 is 0 Å². The molecule has 80 valence electrons. The van der Waals surface area contributed by atoms with Crippen LogP contribution in [0.25, 0.3) is 0 Å². The molecular weight excluding hydrogens is 264 g/mol. The fourth-order valence-corrected chi connectivity index (χ4v) is 1.42. The molecule has 1 N–H and O–H groups in total. The zero-order chi connectivity index (χ0) is 11.4. The molecule has 1 aromatic carbocycles. The van der Waals surface area contributed by atoms with Gasteiger partial charge in [-0.15, -0.1) is 0 Å². The average Bonchev–Trinajstić information content (AvgIpc) is 2.21. The van der Waals surface area contributed by atoms with E-state index in [9.17, 15) is 14.7 Å². The van der Waals surface area contributed by atoms with Crippen molar-refractivity contribution in [3.8, 4) is 5.75 Å². The van der Waals surface area contributed by atoms with Crippen molar-refractivity contribution in [3.63, 3.8) is 0 Å². The van der Waals surface area contributed by atoms with E-state index in [4.69, 9.17) is 0 Å². The van der Waals surface area contributed by atoms with Crippen LogP contribution in [0, 0.1) is 0 Å². The van der Waals surface area contributed by atoms with Crippen LogP contribution in [0.3, 0.4) is 0 Å². The third-order valence-corrected chi connectivity index (χ3v) is 2.35. The second kappa shape index (κ2) is 4.93. The number of esters is 1. The molecule has 0 aliphatic rings. The van der Waals surface area contributed by atoms with Crippen LogP contribution in [0.15, 0.2) is 22.7 Å². The molecule has 0 aromatic heterocycles. The SMILES string of the molecule is CCOC(=O)C(=O)c1cc(O)ccc1Br. The van der Waals surface area contributed by atoms with E-state index in [1.54, 1.807) is 6.92 Å². The van der Waals surface area contributed by atoms with Crippen LogP contribution in [-0.2, 0) is 9.53 Å². The number of halogens is 1. The highest BCUT2D eigenvalue weighted by molar-refractivity contribution is 9.10. The van der Waals surface area contributed by atoms with Crippen molar-refractivity contribution >= 4 is 27.7 Å². The Labute approximate surface area is 95.0 Å². The van der Waals surface area contributed by atoms with E-state index in [-0.39, 0.29) is 17.9 Å². The van der Waals surface area contributed by atoms with Crippen LogP contribution in [0.5, 0.6) is 5.75 Å². The predicted octanol–water partition coefficient (Wildman–Crippen LogP) is 1.90. The van der Waals surface area contributed by atoms with Crippen LogP contribution in [0.4, 0.5) is 0 Å². The van der Waals surface area contributed by atoms with Crippen LogP contribution < -0.4 is 0 Å². The van der Waals surface area contributed by atoms with Gasteiger partial charge in [-0.1, -0.05) is 15.9 Å². The van der Waals surface area contributed by atoms with E-state index < -0.39 is 11.8 Å². The smallest absolute Gasteiger partial charge is 0.379 e. The number of hydrogen-bond donors (Lipinski definition) is 1. The first-order valence-electron chi connectivity index (χ1n) is 4.26. The molecule has 0 heterocycles. The maximum Gasteiger partial charge on any atom is 0.379 e. The van der Waals surface area contributed by atoms with E-state index in [1.165, 1.54) is 18.2 Å². The lowest BCUT2D eigenvalue weighted by molar-refractivity contribution is -0.137. The molecule has 0 radical (unpaired) electrons. The summed E-state index contributed by atoms with van der Waals surface area (Å²) in [5, 5.41) is 9.17. The molecule has 0 amide bonds. The summed E-state index contributed by atoms with van der Waals surface area (Å²) in [4.78, 5) is 22.6. The summed E-state index contributed by atoms with van der Waals surface area (Å²) in [5.41, 5.74) is 0.0912. The number of carbonyl (C=O) groups excluding carboxylic acids is 2. The van der Waals surface area contributed by atoms with Crippen LogP contribution >= 0.6 is 15.9 Å². The van der Waals surface area contributed by atoms with Crippen molar-refractivity contribution in [2.45, 2.75) is 6.92 Å². The van der Waals surface area contributed by atoms with Gasteiger partial charge in [-0.3, -0.25) is 4.79 Å². The lowest BCUT2D eigenvalue weighted by Crippen LogP contribution is -2.17. The van der Waals surface area contributed by atoms with E-state index in [2.05, 4.69) is 20.7 Å². The highest BCUT2D eigenvalue weighted by Gasteiger charge is 2.20. The minimum Gasteiger partial charge on any atom is -0.508 e. The van der Waals surface area contributed by atoms with Gasteiger partial charge in [-0.2, -0.15) is 0 Å². The largest absolute Gasteiger partial charge is 0.508 e. The Morgan fingerprint density at radius 2 is 2.13 bits per heavy atom. The number of phenols is 1. The Balaban J connectivity index is 3.00. The number of ether oxygens (including phenoxy) is 1. The van der Waals surface area contributed by atoms with Gasteiger partial charge in [-0.05, 0) is 25.1 Å². The van der Waals surface area contributed by atoms with Gasteiger partial charge in [0.05, 0.1) is 6.61 Å². The molecule has 0 aliphatic heterocycles. The first kappa shape index (κ1) is 11.7. The summed E-state index contributed by atoms with van der Waals surface area (Å²) in [6.45, 7) is 1.75. The number of Topliss-reactive ketones (excluding diaryl/α,β-unsaturated/α-hetero) is 1. The van der Waals surface area contributed by atoms with Gasteiger partial charge < -0.3 is 9.84 Å². The number of ketones is 1. The summed E-state index contributed by atoms with van der Waals surface area (Å²) >= 11 is 3.11. The third-order valence-electron chi connectivity index (χ3n) is 1.66. The zero-order valence-corrected chi connectivity index (χ0v) is 9.58. The Hall–Kier alpha value is -1.36. The van der Waals surface area contributed by atoms with Gasteiger partial charge in [0, 0.05) is 10.0 Å². The Morgan fingerprint density at radius 1 is 1.47 bits per heavy atom. The molecule has 1 rings (SSSR count). The molecular formula is C10H9BrO4. The van der Waals surface area contributed by atoms with Crippen molar-refractivity contribution in [1.82, 2.24) is 0 Å². The quantitative estimate of drug-likeness (QED) is 0.519. The molecule has 0 saturated carbocycles. The first-order chi connectivity index (χ1) is 7.06. The molecule has 0 saturated heterocycles. The number of hydrogen-bond acceptors (Lipinski definition) is 4. The van der Waals surface area contributed by atoms with Crippen molar-refractivity contribution in [1.29, 1.82) is 0 Å². The number of carbonyl (C=O) groups is 2. The van der Waals surface area contributed by atoms with Gasteiger partial charge in [0.1, 0.15) is 5.75 Å². The fraction of sp³-hybridized carbons (Fsp3) is 0.200. The minimum atomic E-state index is -0.927. The summed E-state index contributed by atoms with van der Waals surface area (Å²) < 4.78 is 5.00. The maximum absolute atomic E-state index is 11.5. The maximum atomic E-state index is 11.5. The lowest BCUT2D eigenvalue weighted by atomic mass is 10.1. The van der Waals surface area contributed by atoms with Gasteiger partial charge in [-0.25, -0.2) is 4.79 Å². The standard InChI is InChI=1S/C10H9BrO4/c1-2-15-10(14)9(13)7-5-6(12)3-4-8(7)11/h3-5,12H,2H2,1H3. The lowest BCUT2D eigenvalue weighted by Gasteiger charge is -2.03. The number of rotatable bonds is 3. The zero-order valence-electron chi connectivity index (χ0n) is 7.99. The molecule has 0 fully saturated rings. The Kier molecular flexibility index (Phi) is 3.85. The molecule has 15 heavy (non-hydrogen) atoms. The number of benzene rings is 1. The molecule has 5 heteroatoms. The van der Waals surface area contributed by atoms with E-state index in [0.717, 1.165) is 0 Å². The highest BCUT2D eigenvalue weighted by Crippen LogP contribution is 2.22. The third kappa shape index (κ3) is 2.79.